The van der Waals surface area contributed by atoms with E-state index in [0.29, 0.717) is 37.4 Å². The van der Waals surface area contributed by atoms with E-state index in [4.69, 9.17) is 16.7 Å². The number of piperidine rings is 1. The monoisotopic (exact) mass is 295 g/mol. The highest BCUT2D eigenvalue weighted by Gasteiger charge is 2.27. The summed E-state index contributed by atoms with van der Waals surface area (Å²) >= 11 is 5.81. The van der Waals surface area contributed by atoms with Crippen LogP contribution in [0.15, 0.2) is 24.3 Å². The molecular weight excluding hydrogens is 278 g/mol. The van der Waals surface area contributed by atoms with Crippen LogP contribution >= 0.6 is 11.6 Å². The highest BCUT2D eigenvalue weighted by molar-refractivity contribution is 6.30. The molecule has 1 unspecified atom stereocenters. The highest BCUT2D eigenvalue weighted by Crippen LogP contribution is 2.18. The lowest BCUT2D eigenvalue weighted by molar-refractivity contribution is -0.145. The predicted octanol–water partition coefficient (Wildman–Crippen LogP) is 2.60. The fraction of sp³-hybridized carbons (Fsp3) is 0.467. The van der Waals surface area contributed by atoms with Crippen molar-refractivity contribution in [2.75, 3.05) is 13.1 Å². The summed E-state index contributed by atoms with van der Waals surface area (Å²) in [6, 6.07) is 7.43. The highest BCUT2D eigenvalue weighted by atomic mass is 35.5. The first-order valence-corrected chi connectivity index (χ1v) is 7.19. The molecule has 0 aromatic heterocycles. The van der Waals surface area contributed by atoms with E-state index in [9.17, 15) is 9.59 Å². The first-order chi connectivity index (χ1) is 9.56. The molecule has 20 heavy (non-hydrogen) atoms. The molecule has 108 valence electrons. The molecule has 1 heterocycles. The van der Waals surface area contributed by atoms with Crippen LogP contribution in [0.1, 0.15) is 24.8 Å². The predicted molar refractivity (Wildman–Crippen MR) is 76.7 cm³/mol. The van der Waals surface area contributed by atoms with Gasteiger partial charge in [-0.1, -0.05) is 23.7 Å². The minimum Gasteiger partial charge on any atom is -0.481 e. The lowest BCUT2D eigenvalue weighted by atomic mass is 9.97. The van der Waals surface area contributed by atoms with Crippen molar-refractivity contribution in [3.63, 3.8) is 0 Å². The molecule has 1 fully saturated rings. The van der Waals surface area contributed by atoms with Gasteiger partial charge in [0.05, 0.1) is 5.92 Å². The maximum Gasteiger partial charge on any atom is 0.308 e. The Morgan fingerprint density at radius 3 is 2.65 bits per heavy atom. The number of benzene rings is 1. The van der Waals surface area contributed by atoms with Crippen molar-refractivity contribution in [3.8, 4) is 0 Å². The lowest BCUT2D eigenvalue weighted by Gasteiger charge is -2.30. The van der Waals surface area contributed by atoms with E-state index in [0.717, 1.165) is 12.0 Å². The van der Waals surface area contributed by atoms with Crippen molar-refractivity contribution in [1.29, 1.82) is 0 Å². The van der Waals surface area contributed by atoms with E-state index in [2.05, 4.69) is 0 Å². The first-order valence-electron chi connectivity index (χ1n) is 6.81. The molecule has 0 spiro atoms. The smallest absolute Gasteiger partial charge is 0.308 e. The van der Waals surface area contributed by atoms with Gasteiger partial charge < -0.3 is 10.0 Å². The summed E-state index contributed by atoms with van der Waals surface area (Å²) in [5, 5.41) is 9.70. The van der Waals surface area contributed by atoms with Gasteiger partial charge in [-0.05, 0) is 37.0 Å². The molecule has 1 aliphatic rings. The van der Waals surface area contributed by atoms with Crippen molar-refractivity contribution in [3.05, 3.63) is 34.9 Å². The fourth-order valence-electron chi connectivity index (χ4n) is 2.47. The van der Waals surface area contributed by atoms with Crippen LogP contribution in [0.3, 0.4) is 0 Å². The quantitative estimate of drug-likeness (QED) is 0.929. The van der Waals surface area contributed by atoms with Crippen LogP contribution in [-0.4, -0.2) is 35.0 Å². The lowest BCUT2D eigenvalue weighted by Crippen LogP contribution is -2.42. The summed E-state index contributed by atoms with van der Waals surface area (Å²) in [4.78, 5) is 24.8. The van der Waals surface area contributed by atoms with Crippen LogP contribution in [0.5, 0.6) is 0 Å². The standard InChI is InChI=1S/C15H18ClNO3/c16-13-6-3-11(4-7-13)5-8-14(18)17-9-1-2-12(10-17)15(19)20/h3-4,6-7,12H,1-2,5,8-10H2,(H,19,20). The molecule has 0 saturated carbocycles. The third-order valence-electron chi connectivity index (χ3n) is 3.66. The third kappa shape index (κ3) is 3.97. The van der Waals surface area contributed by atoms with Crippen LogP contribution in [0.25, 0.3) is 0 Å². The van der Waals surface area contributed by atoms with Gasteiger partial charge in [-0.15, -0.1) is 0 Å². The zero-order valence-corrected chi connectivity index (χ0v) is 12.0. The van der Waals surface area contributed by atoms with Crippen LogP contribution in [0, 0.1) is 5.92 Å². The second kappa shape index (κ2) is 6.75. The van der Waals surface area contributed by atoms with Gasteiger partial charge in [-0.2, -0.15) is 0 Å². The second-order valence-corrected chi connectivity index (χ2v) is 5.58. The Morgan fingerprint density at radius 2 is 2.00 bits per heavy atom. The number of aliphatic carboxylic acids is 1. The number of rotatable bonds is 4. The molecule has 2 rings (SSSR count). The minimum atomic E-state index is -0.805. The molecule has 1 saturated heterocycles. The van der Waals surface area contributed by atoms with Crippen molar-refractivity contribution in [1.82, 2.24) is 4.90 Å². The normalized spacial score (nSPS) is 18.9. The molecule has 1 aliphatic heterocycles. The number of carbonyl (C=O) groups is 2. The maximum atomic E-state index is 12.1. The van der Waals surface area contributed by atoms with Crippen molar-refractivity contribution >= 4 is 23.5 Å². The SMILES string of the molecule is O=C(O)C1CCCN(C(=O)CCc2ccc(Cl)cc2)C1. The number of nitrogens with zero attached hydrogens (tertiary/aromatic N) is 1. The largest absolute Gasteiger partial charge is 0.481 e. The summed E-state index contributed by atoms with van der Waals surface area (Å²) in [5.74, 6) is -1.19. The van der Waals surface area contributed by atoms with Crippen molar-refractivity contribution in [2.45, 2.75) is 25.7 Å². The molecular formula is C15H18ClNO3. The van der Waals surface area contributed by atoms with E-state index in [1.54, 1.807) is 4.90 Å². The summed E-state index contributed by atoms with van der Waals surface area (Å²) in [6.45, 7) is 1.01. The number of aryl methyl sites for hydroxylation is 1. The average molecular weight is 296 g/mol. The topological polar surface area (TPSA) is 57.6 Å². The van der Waals surface area contributed by atoms with Gasteiger partial charge in [0.1, 0.15) is 0 Å². The summed E-state index contributed by atoms with van der Waals surface area (Å²) in [5.41, 5.74) is 1.06. The van der Waals surface area contributed by atoms with E-state index in [-0.39, 0.29) is 5.91 Å². The molecule has 0 radical (unpaired) electrons. The van der Waals surface area contributed by atoms with Crippen molar-refractivity contribution in [2.24, 2.45) is 5.92 Å². The summed E-state index contributed by atoms with van der Waals surface area (Å²) in [6.07, 6.45) is 2.50. The fourth-order valence-corrected chi connectivity index (χ4v) is 2.59. The number of carboxylic acid groups (broad SMARTS) is 1. The molecule has 5 heteroatoms. The molecule has 1 N–H and O–H groups in total. The van der Waals surface area contributed by atoms with Crippen LogP contribution in [-0.2, 0) is 16.0 Å². The summed E-state index contributed by atoms with van der Waals surface area (Å²) in [7, 11) is 0. The Balaban J connectivity index is 1.85. The average Bonchev–Trinajstić information content (AvgIpc) is 2.46. The molecule has 1 aromatic carbocycles. The Kier molecular flexibility index (Phi) is 5.01. The van der Waals surface area contributed by atoms with Crippen LogP contribution in [0.2, 0.25) is 5.02 Å². The number of hydrogen-bond acceptors (Lipinski definition) is 2. The molecule has 0 aliphatic carbocycles. The zero-order chi connectivity index (χ0) is 14.5. The number of hydrogen-bond donors (Lipinski definition) is 1. The van der Waals surface area contributed by atoms with Gasteiger partial charge in [-0.25, -0.2) is 0 Å². The molecule has 0 bridgehead atoms. The third-order valence-corrected chi connectivity index (χ3v) is 3.92. The van der Waals surface area contributed by atoms with Gasteiger partial charge >= 0.3 is 5.97 Å². The number of amides is 1. The van der Waals surface area contributed by atoms with E-state index >= 15 is 0 Å². The Hall–Kier alpha value is -1.55. The van der Waals surface area contributed by atoms with Crippen LogP contribution < -0.4 is 0 Å². The van der Waals surface area contributed by atoms with E-state index in [1.807, 2.05) is 24.3 Å². The minimum absolute atomic E-state index is 0.0332. The number of carboxylic acids is 1. The van der Waals surface area contributed by atoms with E-state index < -0.39 is 11.9 Å². The van der Waals surface area contributed by atoms with Gasteiger partial charge in [0.25, 0.3) is 0 Å². The molecule has 4 nitrogen and oxygen atoms in total. The first kappa shape index (κ1) is 14.9. The second-order valence-electron chi connectivity index (χ2n) is 5.14. The van der Waals surface area contributed by atoms with Crippen molar-refractivity contribution < 1.29 is 14.7 Å². The molecule has 1 atom stereocenters. The Bertz CT molecular complexity index is 486. The number of halogens is 1. The maximum absolute atomic E-state index is 12.1. The van der Waals surface area contributed by atoms with Gasteiger partial charge in [0.15, 0.2) is 0 Å². The zero-order valence-electron chi connectivity index (χ0n) is 11.2. The van der Waals surface area contributed by atoms with E-state index in [1.165, 1.54) is 0 Å². The van der Waals surface area contributed by atoms with Gasteiger partial charge in [-0.3, -0.25) is 9.59 Å². The Labute approximate surface area is 123 Å². The van der Waals surface area contributed by atoms with Gasteiger partial charge in [0, 0.05) is 24.5 Å². The molecule has 1 amide bonds. The Morgan fingerprint density at radius 1 is 1.30 bits per heavy atom. The van der Waals surface area contributed by atoms with Gasteiger partial charge in [0.2, 0.25) is 5.91 Å². The summed E-state index contributed by atoms with van der Waals surface area (Å²) < 4.78 is 0. The molecule has 1 aromatic rings. The van der Waals surface area contributed by atoms with Crippen LogP contribution in [0.4, 0.5) is 0 Å². The number of likely N-dealkylation sites (tertiary alicyclic amines) is 1. The number of carbonyl (C=O) groups excluding carboxylic acids is 1.